The molecule has 1 aromatic rings. The fourth-order valence-corrected chi connectivity index (χ4v) is 2.27. The van der Waals surface area contributed by atoms with Gasteiger partial charge in [0, 0.05) is 24.7 Å². The summed E-state index contributed by atoms with van der Waals surface area (Å²) < 4.78 is 19.1. The number of methoxy groups -OCH3 is 1. The molecule has 1 amide bonds. The van der Waals surface area contributed by atoms with E-state index in [4.69, 9.17) is 4.74 Å². The van der Waals surface area contributed by atoms with Gasteiger partial charge >= 0.3 is 0 Å². The van der Waals surface area contributed by atoms with Gasteiger partial charge in [0.1, 0.15) is 11.6 Å². The quantitative estimate of drug-likeness (QED) is 0.813. The normalized spacial score (nSPS) is 13.9. The van der Waals surface area contributed by atoms with Crippen LogP contribution in [0.4, 0.5) is 4.39 Å². The van der Waals surface area contributed by atoms with Gasteiger partial charge in [-0.1, -0.05) is 19.9 Å². The monoisotopic (exact) mass is 296 g/mol. The third kappa shape index (κ3) is 5.01. The van der Waals surface area contributed by atoms with E-state index in [1.165, 1.54) is 13.2 Å². The van der Waals surface area contributed by atoms with Crippen molar-refractivity contribution >= 4 is 5.91 Å². The van der Waals surface area contributed by atoms with E-state index in [2.05, 4.69) is 24.5 Å². The van der Waals surface area contributed by atoms with Gasteiger partial charge in [-0.2, -0.15) is 0 Å². The van der Waals surface area contributed by atoms with Gasteiger partial charge < -0.3 is 10.1 Å². The zero-order valence-electron chi connectivity index (χ0n) is 13.4. The van der Waals surface area contributed by atoms with Crippen LogP contribution in [0.3, 0.4) is 0 Å². The van der Waals surface area contributed by atoms with Crippen LogP contribution in [0.2, 0.25) is 0 Å². The van der Waals surface area contributed by atoms with Gasteiger partial charge in [0.05, 0.1) is 13.2 Å². The summed E-state index contributed by atoms with van der Waals surface area (Å²) in [5.74, 6) is 0.431. The minimum absolute atomic E-state index is 0.0792. The van der Waals surface area contributed by atoms with Crippen molar-refractivity contribution in [1.82, 2.24) is 10.6 Å². The number of hydrogen-bond donors (Lipinski definition) is 2. The predicted molar refractivity (Wildman–Crippen MR) is 81.8 cm³/mol. The fourth-order valence-electron chi connectivity index (χ4n) is 2.27. The largest absolute Gasteiger partial charge is 0.497 e. The lowest BCUT2D eigenvalue weighted by molar-refractivity contribution is -0.123. The standard InChI is InChI=1S/C16H25FN2O2/c1-10(2)8-15(16(20)18-4)19-11(3)13-7-6-12(21-5)9-14(13)17/h6-7,9-11,15,19H,8H2,1-5H3,(H,18,20). The molecule has 1 rings (SSSR count). The summed E-state index contributed by atoms with van der Waals surface area (Å²) in [7, 11) is 3.11. The third-order valence-electron chi connectivity index (χ3n) is 3.40. The molecule has 0 saturated heterocycles. The van der Waals surface area contributed by atoms with Gasteiger partial charge in [-0.05, 0) is 25.3 Å². The van der Waals surface area contributed by atoms with Gasteiger partial charge in [0.2, 0.25) is 5.91 Å². The molecule has 0 aliphatic rings. The van der Waals surface area contributed by atoms with Crippen LogP contribution in [0.1, 0.15) is 38.8 Å². The van der Waals surface area contributed by atoms with Crippen LogP contribution in [0, 0.1) is 11.7 Å². The van der Waals surface area contributed by atoms with E-state index in [1.807, 2.05) is 6.92 Å². The second kappa shape index (κ2) is 7.98. The molecule has 0 spiro atoms. The van der Waals surface area contributed by atoms with E-state index in [-0.39, 0.29) is 23.8 Å². The summed E-state index contributed by atoms with van der Waals surface area (Å²) in [6, 6.07) is 4.14. The molecule has 4 nitrogen and oxygen atoms in total. The van der Waals surface area contributed by atoms with E-state index in [0.29, 0.717) is 23.7 Å². The average Bonchev–Trinajstić information content (AvgIpc) is 2.44. The maximum Gasteiger partial charge on any atom is 0.236 e. The first kappa shape index (κ1) is 17.4. The number of halogens is 1. The Morgan fingerprint density at radius 1 is 1.33 bits per heavy atom. The molecular weight excluding hydrogens is 271 g/mol. The Labute approximate surface area is 126 Å². The molecule has 0 radical (unpaired) electrons. The van der Waals surface area contributed by atoms with Crippen molar-refractivity contribution in [3.63, 3.8) is 0 Å². The van der Waals surface area contributed by atoms with Crippen molar-refractivity contribution in [3.05, 3.63) is 29.6 Å². The van der Waals surface area contributed by atoms with Crippen molar-refractivity contribution in [1.29, 1.82) is 0 Å². The molecule has 2 atom stereocenters. The topological polar surface area (TPSA) is 50.4 Å². The summed E-state index contributed by atoms with van der Waals surface area (Å²) in [6.07, 6.45) is 0.696. The molecule has 0 saturated carbocycles. The zero-order chi connectivity index (χ0) is 16.0. The number of amides is 1. The Hall–Kier alpha value is -1.62. The highest BCUT2D eigenvalue weighted by molar-refractivity contribution is 5.81. The van der Waals surface area contributed by atoms with E-state index >= 15 is 0 Å². The number of benzene rings is 1. The van der Waals surface area contributed by atoms with E-state index in [0.717, 1.165) is 0 Å². The number of likely N-dealkylation sites (N-methyl/N-ethyl adjacent to an activating group) is 1. The zero-order valence-corrected chi connectivity index (χ0v) is 13.4. The Balaban J connectivity index is 2.85. The Kier molecular flexibility index (Phi) is 6.62. The minimum Gasteiger partial charge on any atom is -0.497 e. The second-order valence-corrected chi connectivity index (χ2v) is 5.57. The van der Waals surface area contributed by atoms with Crippen LogP contribution < -0.4 is 15.4 Å². The lowest BCUT2D eigenvalue weighted by Gasteiger charge is -2.24. The first-order valence-corrected chi connectivity index (χ1v) is 7.20. The molecule has 0 fully saturated rings. The molecule has 2 N–H and O–H groups in total. The van der Waals surface area contributed by atoms with Crippen LogP contribution in [-0.2, 0) is 4.79 Å². The van der Waals surface area contributed by atoms with E-state index in [9.17, 15) is 9.18 Å². The lowest BCUT2D eigenvalue weighted by atomic mass is 10.0. The smallest absolute Gasteiger partial charge is 0.236 e. The third-order valence-corrected chi connectivity index (χ3v) is 3.40. The summed E-state index contributed by atoms with van der Waals surface area (Å²) >= 11 is 0. The van der Waals surface area contributed by atoms with E-state index in [1.54, 1.807) is 19.2 Å². The highest BCUT2D eigenvalue weighted by atomic mass is 19.1. The molecule has 0 aromatic heterocycles. The van der Waals surface area contributed by atoms with Crippen molar-refractivity contribution in [2.45, 2.75) is 39.3 Å². The average molecular weight is 296 g/mol. The number of ether oxygens (including phenoxy) is 1. The number of carbonyl (C=O) groups excluding carboxylic acids is 1. The van der Waals surface area contributed by atoms with Gasteiger partial charge in [0.15, 0.2) is 0 Å². The lowest BCUT2D eigenvalue weighted by Crippen LogP contribution is -2.44. The highest BCUT2D eigenvalue weighted by Gasteiger charge is 2.22. The molecule has 1 aromatic carbocycles. The van der Waals surface area contributed by atoms with Crippen LogP contribution in [0.25, 0.3) is 0 Å². The van der Waals surface area contributed by atoms with Crippen molar-refractivity contribution in [2.75, 3.05) is 14.2 Å². The summed E-state index contributed by atoms with van der Waals surface area (Å²) in [5.41, 5.74) is 0.522. The van der Waals surface area contributed by atoms with E-state index < -0.39 is 0 Å². The van der Waals surface area contributed by atoms with Gasteiger partial charge in [-0.25, -0.2) is 4.39 Å². The van der Waals surface area contributed by atoms with Gasteiger partial charge in [-0.3, -0.25) is 10.1 Å². The van der Waals surface area contributed by atoms with Gasteiger partial charge in [-0.15, -0.1) is 0 Å². The van der Waals surface area contributed by atoms with Crippen LogP contribution in [-0.4, -0.2) is 26.1 Å². The van der Waals surface area contributed by atoms with Crippen LogP contribution >= 0.6 is 0 Å². The van der Waals surface area contributed by atoms with Gasteiger partial charge in [0.25, 0.3) is 0 Å². The van der Waals surface area contributed by atoms with Crippen molar-refractivity contribution < 1.29 is 13.9 Å². The maximum absolute atomic E-state index is 14.1. The Morgan fingerprint density at radius 2 is 2.00 bits per heavy atom. The van der Waals surface area contributed by atoms with Crippen molar-refractivity contribution in [2.24, 2.45) is 5.92 Å². The molecular formula is C16H25FN2O2. The Morgan fingerprint density at radius 3 is 2.48 bits per heavy atom. The minimum atomic E-state index is -0.341. The highest BCUT2D eigenvalue weighted by Crippen LogP contribution is 2.22. The summed E-state index contributed by atoms with van der Waals surface area (Å²) in [4.78, 5) is 11.9. The number of hydrogen-bond acceptors (Lipinski definition) is 3. The van der Waals surface area contributed by atoms with Crippen molar-refractivity contribution in [3.8, 4) is 5.75 Å². The first-order valence-electron chi connectivity index (χ1n) is 7.20. The first-order chi connectivity index (χ1) is 9.88. The molecule has 0 aliphatic carbocycles. The number of rotatable bonds is 7. The summed E-state index contributed by atoms with van der Waals surface area (Å²) in [5, 5.41) is 5.85. The number of nitrogens with one attached hydrogen (secondary N) is 2. The van der Waals surface area contributed by atoms with Crippen LogP contribution in [0.15, 0.2) is 18.2 Å². The molecule has 0 bridgehead atoms. The molecule has 0 aliphatic heterocycles. The molecule has 5 heteroatoms. The maximum atomic E-state index is 14.1. The SMILES string of the molecule is CNC(=O)C(CC(C)C)NC(C)c1ccc(OC)cc1F. The molecule has 2 unspecified atom stereocenters. The Bertz CT molecular complexity index is 477. The fraction of sp³-hybridized carbons (Fsp3) is 0.562. The molecule has 0 heterocycles. The molecule has 21 heavy (non-hydrogen) atoms. The number of carbonyl (C=O) groups is 1. The second-order valence-electron chi connectivity index (χ2n) is 5.57. The predicted octanol–water partition coefficient (Wildman–Crippen LogP) is 2.65. The van der Waals surface area contributed by atoms with Crippen LogP contribution in [0.5, 0.6) is 5.75 Å². The molecule has 118 valence electrons. The summed E-state index contributed by atoms with van der Waals surface area (Å²) in [6.45, 7) is 5.95.